The minimum Gasteiger partial charge on any atom is -0.490 e. The summed E-state index contributed by atoms with van der Waals surface area (Å²) in [5.74, 6) is 0.888. The van der Waals surface area contributed by atoms with Crippen molar-refractivity contribution in [1.29, 1.82) is 0 Å². The fourth-order valence-electron chi connectivity index (χ4n) is 3.03. The van der Waals surface area contributed by atoms with Crippen LogP contribution in [0, 0.1) is 5.82 Å². The van der Waals surface area contributed by atoms with E-state index in [1.807, 2.05) is 25.1 Å². The van der Waals surface area contributed by atoms with Gasteiger partial charge < -0.3 is 14.8 Å². The van der Waals surface area contributed by atoms with Crippen LogP contribution >= 0.6 is 27.5 Å². The van der Waals surface area contributed by atoms with E-state index in [0.29, 0.717) is 28.7 Å². The molecule has 0 spiro atoms. The van der Waals surface area contributed by atoms with Gasteiger partial charge in [-0.05, 0) is 71.2 Å². The third-order valence-electron chi connectivity index (χ3n) is 4.52. The van der Waals surface area contributed by atoms with Crippen LogP contribution in [0.3, 0.4) is 0 Å². The van der Waals surface area contributed by atoms with Gasteiger partial charge in [0.15, 0.2) is 11.5 Å². The molecule has 0 atom stereocenters. The second kappa shape index (κ2) is 11.3. The molecule has 0 aromatic heterocycles. The van der Waals surface area contributed by atoms with E-state index in [4.69, 9.17) is 21.1 Å². The number of nitrogens with one attached hydrogen (secondary N) is 1. The van der Waals surface area contributed by atoms with Gasteiger partial charge in [0.2, 0.25) is 0 Å². The lowest BCUT2D eigenvalue weighted by Gasteiger charge is -2.16. The molecule has 30 heavy (non-hydrogen) atoms. The predicted molar refractivity (Wildman–Crippen MR) is 123 cm³/mol. The predicted octanol–water partition coefficient (Wildman–Crippen LogP) is 6.55. The zero-order chi connectivity index (χ0) is 21.3. The van der Waals surface area contributed by atoms with Crippen LogP contribution in [0.1, 0.15) is 23.6 Å². The Kier molecular flexibility index (Phi) is 8.55. The van der Waals surface area contributed by atoms with Crippen LogP contribution in [0.4, 0.5) is 4.39 Å². The van der Waals surface area contributed by atoms with Crippen LogP contribution in [0.5, 0.6) is 11.5 Å². The van der Waals surface area contributed by atoms with Crippen LogP contribution in [0.2, 0.25) is 5.02 Å². The normalized spacial score (nSPS) is 10.8. The van der Waals surface area contributed by atoms with Gasteiger partial charge >= 0.3 is 0 Å². The van der Waals surface area contributed by atoms with Gasteiger partial charge in [0.25, 0.3) is 0 Å². The van der Waals surface area contributed by atoms with Crippen molar-refractivity contribution in [2.24, 2.45) is 0 Å². The Morgan fingerprint density at radius 3 is 2.53 bits per heavy atom. The minimum absolute atomic E-state index is 0.215. The first kappa shape index (κ1) is 22.6. The Morgan fingerprint density at radius 2 is 1.80 bits per heavy atom. The average molecular weight is 493 g/mol. The maximum Gasteiger partial charge on any atom is 0.175 e. The molecule has 3 rings (SSSR count). The molecule has 0 fully saturated rings. The highest BCUT2D eigenvalue weighted by atomic mass is 79.9. The van der Waals surface area contributed by atoms with Gasteiger partial charge in [-0.15, -0.1) is 0 Å². The molecule has 3 aromatic carbocycles. The van der Waals surface area contributed by atoms with Gasteiger partial charge in [-0.2, -0.15) is 0 Å². The zero-order valence-corrected chi connectivity index (χ0v) is 19.1. The molecular weight excluding hydrogens is 469 g/mol. The van der Waals surface area contributed by atoms with Crippen molar-refractivity contribution in [3.63, 3.8) is 0 Å². The molecule has 0 bridgehead atoms. The third kappa shape index (κ3) is 6.46. The first-order valence-electron chi connectivity index (χ1n) is 9.83. The number of benzene rings is 3. The van der Waals surface area contributed by atoms with Gasteiger partial charge in [-0.25, -0.2) is 4.39 Å². The monoisotopic (exact) mass is 491 g/mol. The van der Waals surface area contributed by atoms with E-state index < -0.39 is 0 Å². The standard InChI is InChI=1S/C24H24BrClFNO2/c1-2-29-23-13-18(15-28-11-10-17-6-4-3-5-7-17)12-21(25)24(23)30-16-19-8-9-20(27)14-22(19)26/h3-9,12-14,28H,2,10-11,15-16H2,1H3. The maximum absolute atomic E-state index is 13.2. The molecule has 0 unspecified atom stereocenters. The quantitative estimate of drug-likeness (QED) is 0.325. The maximum atomic E-state index is 13.2. The molecule has 1 N–H and O–H groups in total. The van der Waals surface area contributed by atoms with Crippen molar-refractivity contribution in [3.8, 4) is 11.5 Å². The van der Waals surface area contributed by atoms with Crippen molar-refractivity contribution in [2.75, 3.05) is 13.2 Å². The fraction of sp³-hybridized carbons (Fsp3) is 0.250. The summed E-state index contributed by atoms with van der Waals surface area (Å²) in [6.07, 6.45) is 0.972. The number of ether oxygens (including phenoxy) is 2. The van der Waals surface area contributed by atoms with E-state index in [1.54, 1.807) is 6.07 Å². The second-order valence-electron chi connectivity index (χ2n) is 6.77. The van der Waals surface area contributed by atoms with Gasteiger partial charge in [0.1, 0.15) is 12.4 Å². The molecule has 0 aliphatic rings. The number of hydrogen-bond acceptors (Lipinski definition) is 3. The third-order valence-corrected chi connectivity index (χ3v) is 5.46. The van der Waals surface area contributed by atoms with E-state index in [9.17, 15) is 4.39 Å². The summed E-state index contributed by atoms with van der Waals surface area (Å²) in [5.41, 5.74) is 3.11. The highest BCUT2D eigenvalue weighted by molar-refractivity contribution is 9.10. The van der Waals surface area contributed by atoms with Gasteiger partial charge in [0, 0.05) is 12.1 Å². The van der Waals surface area contributed by atoms with E-state index in [2.05, 4.69) is 45.5 Å². The summed E-state index contributed by atoms with van der Waals surface area (Å²) in [6, 6.07) is 18.7. The molecule has 3 aromatic rings. The van der Waals surface area contributed by atoms with Crippen LogP contribution in [-0.2, 0) is 19.6 Å². The topological polar surface area (TPSA) is 30.5 Å². The van der Waals surface area contributed by atoms with E-state index >= 15 is 0 Å². The number of hydrogen-bond donors (Lipinski definition) is 1. The summed E-state index contributed by atoms with van der Waals surface area (Å²) >= 11 is 9.70. The SMILES string of the molecule is CCOc1cc(CNCCc2ccccc2)cc(Br)c1OCc1ccc(F)cc1Cl. The van der Waals surface area contributed by atoms with Crippen LogP contribution in [0.15, 0.2) is 65.1 Å². The first-order chi connectivity index (χ1) is 14.6. The summed E-state index contributed by atoms with van der Waals surface area (Å²) in [4.78, 5) is 0. The molecule has 0 aliphatic heterocycles. The molecule has 0 saturated heterocycles. The van der Waals surface area contributed by atoms with E-state index in [-0.39, 0.29) is 12.4 Å². The van der Waals surface area contributed by atoms with Gasteiger partial charge in [-0.1, -0.05) is 48.0 Å². The fourth-order valence-corrected chi connectivity index (χ4v) is 3.85. The Morgan fingerprint density at radius 1 is 1.00 bits per heavy atom. The van der Waals surface area contributed by atoms with Crippen molar-refractivity contribution >= 4 is 27.5 Å². The molecule has 158 valence electrons. The van der Waals surface area contributed by atoms with Crippen molar-refractivity contribution in [2.45, 2.75) is 26.5 Å². The lowest BCUT2D eigenvalue weighted by Crippen LogP contribution is -2.16. The molecule has 0 radical (unpaired) electrons. The number of rotatable bonds is 10. The molecular formula is C24H24BrClFNO2. The summed E-state index contributed by atoms with van der Waals surface area (Å²) < 4.78 is 25.8. The molecule has 6 heteroatoms. The van der Waals surface area contributed by atoms with Crippen molar-refractivity contribution < 1.29 is 13.9 Å². The van der Waals surface area contributed by atoms with Gasteiger partial charge in [0.05, 0.1) is 16.1 Å². The molecule has 0 saturated carbocycles. The van der Waals surface area contributed by atoms with E-state index in [0.717, 1.165) is 29.5 Å². The Balaban J connectivity index is 1.64. The average Bonchev–Trinajstić information content (AvgIpc) is 2.73. The smallest absolute Gasteiger partial charge is 0.175 e. The lowest BCUT2D eigenvalue weighted by atomic mass is 10.1. The first-order valence-corrected chi connectivity index (χ1v) is 11.0. The van der Waals surface area contributed by atoms with Gasteiger partial charge in [-0.3, -0.25) is 0 Å². The molecule has 0 amide bonds. The zero-order valence-electron chi connectivity index (χ0n) is 16.8. The minimum atomic E-state index is -0.371. The summed E-state index contributed by atoms with van der Waals surface area (Å²) in [7, 11) is 0. The largest absolute Gasteiger partial charge is 0.490 e. The Labute approximate surface area is 190 Å². The van der Waals surface area contributed by atoms with Crippen molar-refractivity contribution in [1.82, 2.24) is 5.32 Å². The summed E-state index contributed by atoms with van der Waals surface area (Å²) in [5, 5.41) is 3.80. The molecule has 3 nitrogen and oxygen atoms in total. The number of halogens is 3. The Bertz CT molecular complexity index is 969. The second-order valence-corrected chi connectivity index (χ2v) is 8.04. The lowest BCUT2D eigenvalue weighted by molar-refractivity contribution is 0.267. The van der Waals surface area contributed by atoms with Crippen LogP contribution < -0.4 is 14.8 Å². The van der Waals surface area contributed by atoms with E-state index in [1.165, 1.54) is 17.7 Å². The highest BCUT2D eigenvalue weighted by Gasteiger charge is 2.14. The summed E-state index contributed by atoms with van der Waals surface area (Å²) in [6.45, 7) is 4.26. The molecule has 0 heterocycles. The van der Waals surface area contributed by atoms with Crippen LogP contribution in [-0.4, -0.2) is 13.2 Å². The Hall–Kier alpha value is -2.08. The van der Waals surface area contributed by atoms with Crippen LogP contribution in [0.25, 0.3) is 0 Å². The van der Waals surface area contributed by atoms with Crippen molar-refractivity contribution in [3.05, 3.63) is 92.7 Å². The highest BCUT2D eigenvalue weighted by Crippen LogP contribution is 2.38. The molecule has 0 aliphatic carbocycles.